The van der Waals surface area contributed by atoms with Crippen LogP contribution >= 0.6 is 11.8 Å². The molecule has 0 bridgehead atoms. The second-order valence-corrected chi connectivity index (χ2v) is 4.33. The number of hydrogen-bond acceptors (Lipinski definition) is 3. The van der Waals surface area contributed by atoms with Crippen molar-refractivity contribution in [1.82, 2.24) is 4.90 Å². The van der Waals surface area contributed by atoms with Crippen molar-refractivity contribution < 1.29 is 22.7 Å². The van der Waals surface area contributed by atoms with Crippen molar-refractivity contribution in [2.45, 2.75) is 6.18 Å². The average molecular weight is 243 g/mol. The van der Waals surface area contributed by atoms with Crippen LogP contribution in [0.2, 0.25) is 0 Å². The summed E-state index contributed by atoms with van der Waals surface area (Å²) in [7, 11) is 0. The first-order valence-corrected chi connectivity index (χ1v) is 5.64. The quantitative estimate of drug-likeness (QED) is 0.744. The van der Waals surface area contributed by atoms with Crippen LogP contribution in [0.4, 0.5) is 13.2 Å². The maximum Gasteiger partial charge on any atom is 0.411 e. The van der Waals surface area contributed by atoms with Gasteiger partial charge in [-0.25, -0.2) is 0 Å². The summed E-state index contributed by atoms with van der Waals surface area (Å²) in [6.45, 7) is -0.650. The standard InChI is InChI=1S/C8H12F3NO2S/c9-8(10,11)6-14-5-7(13)12-1-3-15-4-2-12/h1-6H2. The van der Waals surface area contributed by atoms with E-state index >= 15 is 0 Å². The highest BCUT2D eigenvalue weighted by atomic mass is 32.2. The van der Waals surface area contributed by atoms with E-state index in [0.717, 1.165) is 11.5 Å². The molecule has 1 rings (SSSR count). The fourth-order valence-corrected chi connectivity index (χ4v) is 2.06. The van der Waals surface area contributed by atoms with Gasteiger partial charge in [-0.05, 0) is 0 Å². The topological polar surface area (TPSA) is 29.5 Å². The largest absolute Gasteiger partial charge is 0.411 e. The van der Waals surface area contributed by atoms with E-state index in [0.29, 0.717) is 13.1 Å². The van der Waals surface area contributed by atoms with E-state index in [9.17, 15) is 18.0 Å². The summed E-state index contributed by atoms with van der Waals surface area (Å²) < 4.78 is 39.4. The lowest BCUT2D eigenvalue weighted by Gasteiger charge is -2.26. The Morgan fingerprint density at radius 2 is 1.93 bits per heavy atom. The van der Waals surface area contributed by atoms with Gasteiger partial charge in [0, 0.05) is 24.6 Å². The maximum atomic E-state index is 11.7. The molecule has 0 atom stereocenters. The summed E-state index contributed by atoms with van der Waals surface area (Å²) in [6, 6.07) is 0. The van der Waals surface area contributed by atoms with Crippen molar-refractivity contribution >= 4 is 17.7 Å². The van der Waals surface area contributed by atoms with Gasteiger partial charge >= 0.3 is 6.18 Å². The Balaban J connectivity index is 2.17. The van der Waals surface area contributed by atoms with Crippen LogP contribution in [-0.2, 0) is 9.53 Å². The predicted octanol–water partition coefficient (Wildman–Crippen LogP) is 1.14. The van der Waals surface area contributed by atoms with Gasteiger partial charge in [-0.2, -0.15) is 24.9 Å². The number of rotatable bonds is 3. The molecule has 0 unspecified atom stereocenters. The van der Waals surface area contributed by atoms with E-state index in [-0.39, 0.29) is 5.91 Å². The molecular formula is C8H12F3NO2S. The highest BCUT2D eigenvalue weighted by Gasteiger charge is 2.28. The Bertz CT molecular complexity index is 216. The van der Waals surface area contributed by atoms with E-state index in [1.807, 2.05) is 0 Å². The summed E-state index contributed by atoms with van der Waals surface area (Å²) in [5, 5.41) is 0. The zero-order chi connectivity index (χ0) is 11.3. The third-order valence-electron chi connectivity index (χ3n) is 1.86. The molecule has 1 amide bonds. The minimum absolute atomic E-state index is 0.362. The summed E-state index contributed by atoms with van der Waals surface area (Å²) in [6.07, 6.45) is -4.36. The van der Waals surface area contributed by atoms with Crippen LogP contribution in [-0.4, -0.2) is 54.8 Å². The summed E-state index contributed by atoms with van der Waals surface area (Å²) in [5.74, 6) is 1.32. The molecule has 0 spiro atoms. The van der Waals surface area contributed by atoms with E-state index in [1.165, 1.54) is 4.90 Å². The predicted molar refractivity (Wildman–Crippen MR) is 50.8 cm³/mol. The van der Waals surface area contributed by atoms with Crippen molar-refractivity contribution in [2.24, 2.45) is 0 Å². The second kappa shape index (κ2) is 5.60. The van der Waals surface area contributed by atoms with Crippen molar-refractivity contribution in [1.29, 1.82) is 0 Å². The minimum Gasteiger partial charge on any atom is -0.362 e. The number of halogens is 3. The van der Waals surface area contributed by atoms with Gasteiger partial charge in [0.25, 0.3) is 0 Å². The fourth-order valence-electron chi connectivity index (χ4n) is 1.16. The number of hydrogen-bond donors (Lipinski definition) is 0. The Hall–Kier alpha value is -0.430. The summed E-state index contributed by atoms with van der Waals surface area (Å²) >= 11 is 1.73. The lowest BCUT2D eigenvalue weighted by atomic mass is 10.4. The molecule has 0 aromatic heterocycles. The SMILES string of the molecule is O=C(COCC(F)(F)F)N1CCSCC1. The first-order chi connectivity index (χ1) is 6.99. The van der Waals surface area contributed by atoms with E-state index in [4.69, 9.17) is 0 Å². The maximum absolute atomic E-state index is 11.7. The van der Waals surface area contributed by atoms with Gasteiger partial charge in [0.2, 0.25) is 5.91 Å². The Labute approximate surface area is 89.9 Å². The third kappa shape index (κ3) is 5.27. The monoisotopic (exact) mass is 243 g/mol. The Morgan fingerprint density at radius 3 is 2.47 bits per heavy atom. The first-order valence-electron chi connectivity index (χ1n) is 4.49. The molecule has 1 heterocycles. The molecule has 0 saturated carbocycles. The normalized spacial score (nSPS) is 17.9. The van der Waals surface area contributed by atoms with Crippen LogP contribution in [0.1, 0.15) is 0 Å². The molecule has 0 radical (unpaired) electrons. The van der Waals surface area contributed by atoms with Crippen LogP contribution in [0.5, 0.6) is 0 Å². The zero-order valence-corrected chi connectivity index (χ0v) is 8.86. The van der Waals surface area contributed by atoms with Crippen molar-refractivity contribution in [3.05, 3.63) is 0 Å². The number of carbonyl (C=O) groups excluding carboxylic acids is 1. The van der Waals surface area contributed by atoms with E-state index in [2.05, 4.69) is 4.74 Å². The molecule has 7 heteroatoms. The molecule has 1 fully saturated rings. The number of amides is 1. The second-order valence-electron chi connectivity index (χ2n) is 3.10. The van der Waals surface area contributed by atoms with Gasteiger partial charge in [0.15, 0.2) is 0 Å². The number of alkyl halides is 3. The molecule has 1 aliphatic heterocycles. The molecule has 0 N–H and O–H groups in total. The molecular weight excluding hydrogens is 231 g/mol. The van der Waals surface area contributed by atoms with Crippen LogP contribution in [0.15, 0.2) is 0 Å². The van der Waals surface area contributed by atoms with Crippen molar-refractivity contribution in [3.63, 3.8) is 0 Å². The third-order valence-corrected chi connectivity index (χ3v) is 2.80. The first kappa shape index (κ1) is 12.6. The number of thioether (sulfide) groups is 1. The van der Waals surface area contributed by atoms with E-state index in [1.54, 1.807) is 11.8 Å². The van der Waals surface area contributed by atoms with Crippen LogP contribution < -0.4 is 0 Å². The van der Waals surface area contributed by atoms with Gasteiger partial charge < -0.3 is 9.64 Å². The zero-order valence-electron chi connectivity index (χ0n) is 8.05. The number of carbonyl (C=O) groups is 1. The molecule has 15 heavy (non-hydrogen) atoms. The summed E-state index contributed by atoms with van der Waals surface area (Å²) in [4.78, 5) is 12.8. The van der Waals surface area contributed by atoms with Crippen LogP contribution in [0.3, 0.4) is 0 Å². The molecule has 3 nitrogen and oxygen atoms in total. The lowest BCUT2D eigenvalue weighted by Crippen LogP contribution is -2.40. The lowest BCUT2D eigenvalue weighted by molar-refractivity contribution is -0.177. The van der Waals surface area contributed by atoms with Crippen LogP contribution in [0.25, 0.3) is 0 Å². The summed E-state index contributed by atoms with van der Waals surface area (Å²) in [5.41, 5.74) is 0. The highest BCUT2D eigenvalue weighted by molar-refractivity contribution is 7.99. The Morgan fingerprint density at radius 1 is 1.33 bits per heavy atom. The molecule has 88 valence electrons. The smallest absolute Gasteiger partial charge is 0.362 e. The highest BCUT2D eigenvalue weighted by Crippen LogP contribution is 2.14. The minimum atomic E-state index is -4.36. The molecule has 0 aromatic rings. The number of nitrogens with zero attached hydrogens (tertiary/aromatic N) is 1. The average Bonchev–Trinajstić information content (AvgIpc) is 2.17. The van der Waals surface area contributed by atoms with Gasteiger partial charge in [-0.3, -0.25) is 4.79 Å². The van der Waals surface area contributed by atoms with E-state index < -0.39 is 19.4 Å². The van der Waals surface area contributed by atoms with Crippen molar-refractivity contribution in [2.75, 3.05) is 37.8 Å². The fraction of sp³-hybridized carbons (Fsp3) is 0.875. The van der Waals surface area contributed by atoms with Crippen LogP contribution in [0, 0.1) is 0 Å². The molecule has 1 saturated heterocycles. The molecule has 1 aliphatic rings. The van der Waals surface area contributed by atoms with Gasteiger partial charge in [-0.1, -0.05) is 0 Å². The Kier molecular flexibility index (Phi) is 4.72. The van der Waals surface area contributed by atoms with Crippen molar-refractivity contribution in [3.8, 4) is 0 Å². The van der Waals surface area contributed by atoms with Gasteiger partial charge in [-0.15, -0.1) is 0 Å². The van der Waals surface area contributed by atoms with Gasteiger partial charge in [0.05, 0.1) is 0 Å². The van der Waals surface area contributed by atoms with Gasteiger partial charge in [0.1, 0.15) is 13.2 Å². The molecule has 0 aromatic carbocycles. The molecule has 0 aliphatic carbocycles. The number of ether oxygens (including phenoxy) is 1.